The SMILES string of the molecule is CCC(COCC1CC1)NC(=O)c1csc2cncn12. The van der Waals surface area contributed by atoms with E-state index in [9.17, 15) is 4.79 Å². The van der Waals surface area contributed by atoms with Crippen LogP contribution in [0, 0.1) is 5.92 Å². The Balaban J connectivity index is 1.57. The third-order valence-electron chi connectivity index (χ3n) is 3.59. The van der Waals surface area contributed by atoms with Crippen LogP contribution in [-0.2, 0) is 4.74 Å². The van der Waals surface area contributed by atoms with Crippen molar-refractivity contribution in [1.29, 1.82) is 0 Å². The summed E-state index contributed by atoms with van der Waals surface area (Å²) >= 11 is 1.52. The van der Waals surface area contributed by atoms with Crippen LogP contribution < -0.4 is 5.32 Å². The van der Waals surface area contributed by atoms with Crippen LogP contribution in [0.15, 0.2) is 17.9 Å². The van der Waals surface area contributed by atoms with E-state index in [1.54, 1.807) is 12.5 Å². The van der Waals surface area contributed by atoms with Crippen molar-refractivity contribution < 1.29 is 9.53 Å². The van der Waals surface area contributed by atoms with E-state index in [-0.39, 0.29) is 11.9 Å². The van der Waals surface area contributed by atoms with Crippen LogP contribution in [0.1, 0.15) is 36.7 Å². The number of carbonyl (C=O) groups excluding carboxylic acids is 1. The summed E-state index contributed by atoms with van der Waals surface area (Å²) in [5, 5.41) is 4.90. The van der Waals surface area contributed by atoms with Gasteiger partial charge in [0, 0.05) is 12.0 Å². The molecule has 0 bridgehead atoms. The standard InChI is InChI=1S/C14H19N3O2S/c1-2-11(7-19-6-10-3-4-10)16-14(18)12-8-20-13-5-15-9-17(12)13/h5,8-11H,2-4,6-7H2,1H3,(H,16,18). The summed E-state index contributed by atoms with van der Waals surface area (Å²) in [6.45, 7) is 3.48. The predicted octanol–water partition coefficient (Wildman–Crippen LogP) is 2.33. The number of aromatic nitrogens is 2. The molecule has 108 valence electrons. The minimum Gasteiger partial charge on any atom is -0.379 e. The van der Waals surface area contributed by atoms with Crippen LogP contribution in [0.5, 0.6) is 0 Å². The van der Waals surface area contributed by atoms with Gasteiger partial charge in [-0.05, 0) is 25.2 Å². The molecule has 1 aliphatic carbocycles. The van der Waals surface area contributed by atoms with E-state index in [1.165, 1.54) is 24.2 Å². The molecular formula is C14H19N3O2S. The zero-order valence-corrected chi connectivity index (χ0v) is 12.4. The van der Waals surface area contributed by atoms with E-state index in [0.29, 0.717) is 12.3 Å². The molecule has 2 aromatic rings. The van der Waals surface area contributed by atoms with Gasteiger partial charge in [0.1, 0.15) is 16.9 Å². The van der Waals surface area contributed by atoms with E-state index < -0.39 is 0 Å². The summed E-state index contributed by atoms with van der Waals surface area (Å²) < 4.78 is 7.49. The van der Waals surface area contributed by atoms with E-state index >= 15 is 0 Å². The van der Waals surface area contributed by atoms with Crippen molar-refractivity contribution in [3.05, 3.63) is 23.6 Å². The van der Waals surface area contributed by atoms with Gasteiger partial charge in [-0.3, -0.25) is 9.20 Å². The molecule has 1 N–H and O–H groups in total. The van der Waals surface area contributed by atoms with E-state index in [2.05, 4.69) is 17.2 Å². The molecule has 0 radical (unpaired) electrons. The number of hydrogen-bond acceptors (Lipinski definition) is 4. The Kier molecular flexibility index (Phi) is 4.03. The molecule has 1 aliphatic rings. The van der Waals surface area contributed by atoms with Crippen LogP contribution in [-0.4, -0.2) is 34.5 Å². The molecule has 3 rings (SSSR count). The summed E-state index contributed by atoms with van der Waals surface area (Å²) in [5.74, 6) is 0.696. The van der Waals surface area contributed by atoms with Gasteiger partial charge < -0.3 is 10.1 Å². The molecule has 2 aromatic heterocycles. The van der Waals surface area contributed by atoms with Crippen molar-refractivity contribution in [2.45, 2.75) is 32.2 Å². The zero-order chi connectivity index (χ0) is 13.9. The molecule has 6 heteroatoms. The lowest BCUT2D eigenvalue weighted by molar-refractivity contribution is 0.0804. The average molecular weight is 293 g/mol. The van der Waals surface area contributed by atoms with Gasteiger partial charge in [-0.2, -0.15) is 0 Å². The predicted molar refractivity (Wildman–Crippen MR) is 78.2 cm³/mol. The number of hydrogen-bond donors (Lipinski definition) is 1. The maximum absolute atomic E-state index is 12.3. The number of rotatable bonds is 7. The van der Waals surface area contributed by atoms with Crippen molar-refractivity contribution in [1.82, 2.24) is 14.7 Å². The second kappa shape index (κ2) is 5.93. The van der Waals surface area contributed by atoms with Crippen molar-refractivity contribution in [3.63, 3.8) is 0 Å². The fraction of sp³-hybridized carbons (Fsp3) is 0.571. The molecule has 0 aliphatic heterocycles. The highest BCUT2D eigenvalue weighted by molar-refractivity contribution is 7.15. The Bertz CT molecular complexity index is 588. The molecular weight excluding hydrogens is 274 g/mol. The number of fused-ring (bicyclic) bond motifs is 1. The minimum atomic E-state index is -0.0591. The van der Waals surface area contributed by atoms with Gasteiger partial charge in [0.15, 0.2) is 0 Å². The molecule has 0 saturated heterocycles. The van der Waals surface area contributed by atoms with E-state index in [4.69, 9.17) is 4.74 Å². The van der Waals surface area contributed by atoms with Gasteiger partial charge in [0.2, 0.25) is 0 Å². The van der Waals surface area contributed by atoms with Crippen molar-refractivity contribution in [2.24, 2.45) is 5.92 Å². The second-order valence-electron chi connectivity index (χ2n) is 5.28. The Morgan fingerprint density at radius 1 is 1.65 bits per heavy atom. The van der Waals surface area contributed by atoms with Gasteiger partial charge in [0.05, 0.1) is 18.8 Å². The smallest absolute Gasteiger partial charge is 0.269 e. The average Bonchev–Trinajstić information content (AvgIpc) is 2.99. The van der Waals surface area contributed by atoms with Crippen molar-refractivity contribution >= 4 is 22.1 Å². The van der Waals surface area contributed by atoms with E-state index in [0.717, 1.165) is 23.8 Å². The Morgan fingerprint density at radius 3 is 3.25 bits per heavy atom. The molecule has 1 fully saturated rings. The number of nitrogens with one attached hydrogen (secondary N) is 1. The zero-order valence-electron chi connectivity index (χ0n) is 11.5. The first-order chi connectivity index (χ1) is 9.78. The van der Waals surface area contributed by atoms with Gasteiger partial charge in [0.25, 0.3) is 5.91 Å². The van der Waals surface area contributed by atoms with Crippen LogP contribution in [0.2, 0.25) is 0 Å². The van der Waals surface area contributed by atoms with Gasteiger partial charge in [-0.25, -0.2) is 4.98 Å². The molecule has 1 atom stereocenters. The molecule has 1 amide bonds. The van der Waals surface area contributed by atoms with E-state index in [1.807, 2.05) is 9.78 Å². The fourth-order valence-corrected chi connectivity index (χ4v) is 2.90. The van der Waals surface area contributed by atoms with Crippen LogP contribution >= 0.6 is 11.3 Å². The molecule has 1 unspecified atom stereocenters. The van der Waals surface area contributed by atoms with Crippen LogP contribution in [0.4, 0.5) is 0 Å². The Labute approximate surface area is 122 Å². The van der Waals surface area contributed by atoms with Gasteiger partial charge in [-0.1, -0.05) is 6.92 Å². The number of imidazole rings is 1. The molecule has 2 heterocycles. The van der Waals surface area contributed by atoms with Crippen molar-refractivity contribution in [3.8, 4) is 0 Å². The second-order valence-corrected chi connectivity index (χ2v) is 6.17. The Hall–Kier alpha value is -1.40. The minimum absolute atomic E-state index is 0.0591. The molecule has 5 nitrogen and oxygen atoms in total. The highest BCUT2D eigenvalue weighted by atomic mass is 32.1. The topological polar surface area (TPSA) is 55.6 Å². The van der Waals surface area contributed by atoms with Crippen LogP contribution in [0.3, 0.4) is 0 Å². The number of nitrogens with zero attached hydrogens (tertiary/aromatic N) is 2. The largest absolute Gasteiger partial charge is 0.379 e. The first-order valence-electron chi connectivity index (χ1n) is 7.06. The van der Waals surface area contributed by atoms with Gasteiger partial charge in [-0.15, -0.1) is 11.3 Å². The lowest BCUT2D eigenvalue weighted by Gasteiger charge is -2.16. The Morgan fingerprint density at radius 2 is 2.50 bits per heavy atom. The number of carbonyl (C=O) groups is 1. The number of thiazole rings is 1. The summed E-state index contributed by atoms with van der Waals surface area (Å²) in [6, 6.07) is 0.0692. The number of amides is 1. The molecule has 0 spiro atoms. The molecule has 0 aromatic carbocycles. The summed E-state index contributed by atoms with van der Waals surface area (Å²) in [4.78, 5) is 17.3. The highest BCUT2D eigenvalue weighted by Crippen LogP contribution is 2.28. The first kappa shape index (κ1) is 13.6. The molecule has 20 heavy (non-hydrogen) atoms. The lowest BCUT2D eigenvalue weighted by atomic mass is 10.2. The third kappa shape index (κ3) is 3.02. The summed E-state index contributed by atoms with van der Waals surface area (Å²) in [6.07, 6.45) is 6.88. The first-order valence-corrected chi connectivity index (χ1v) is 7.94. The quantitative estimate of drug-likeness (QED) is 0.852. The summed E-state index contributed by atoms with van der Waals surface area (Å²) in [7, 11) is 0. The molecule has 1 saturated carbocycles. The lowest BCUT2D eigenvalue weighted by Crippen LogP contribution is -2.38. The maximum Gasteiger partial charge on any atom is 0.269 e. The third-order valence-corrected chi connectivity index (χ3v) is 4.47. The number of ether oxygens (including phenoxy) is 1. The van der Waals surface area contributed by atoms with Gasteiger partial charge >= 0.3 is 0 Å². The summed E-state index contributed by atoms with van der Waals surface area (Å²) in [5.41, 5.74) is 0.642. The monoisotopic (exact) mass is 293 g/mol. The fourth-order valence-electron chi connectivity index (χ4n) is 2.07. The van der Waals surface area contributed by atoms with Crippen LogP contribution in [0.25, 0.3) is 4.83 Å². The van der Waals surface area contributed by atoms with Crippen molar-refractivity contribution in [2.75, 3.05) is 13.2 Å². The maximum atomic E-state index is 12.3. The normalized spacial score (nSPS) is 16.4. The highest BCUT2D eigenvalue weighted by Gasteiger charge is 2.22.